The van der Waals surface area contributed by atoms with Gasteiger partial charge in [0.05, 0.1) is 12.1 Å². The first-order valence-corrected chi connectivity index (χ1v) is 8.66. The molecule has 0 bridgehead atoms. The predicted molar refractivity (Wildman–Crippen MR) is 105 cm³/mol. The Bertz CT molecular complexity index is 976. The average Bonchev–Trinajstić information content (AvgIpc) is 2.68. The van der Waals surface area contributed by atoms with Gasteiger partial charge in [-0.1, -0.05) is 36.4 Å². The molecule has 0 atom stereocenters. The molecule has 3 aromatic rings. The number of ether oxygens (including phenoxy) is 1. The maximum absolute atomic E-state index is 13.2. The molecular formula is C22H19FN2O3. The number of anilines is 1. The lowest BCUT2D eigenvalue weighted by Crippen LogP contribution is -2.35. The van der Waals surface area contributed by atoms with Crippen molar-refractivity contribution in [3.8, 4) is 11.5 Å². The second-order valence-corrected chi connectivity index (χ2v) is 6.13. The minimum absolute atomic E-state index is 0.185. The van der Waals surface area contributed by atoms with Gasteiger partial charge >= 0.3 is 0 Å². The van der Waals surface area contributed by atoms with Crippen LogP contribution in [0.1, 0.15) is 10.4 Å². The summed E-state index contributed by atoms with van der Waals surface area (Å²) in [7, 11) is 1.52. The van der Waals surface area contributed by atoms with E-state index in [1.807, 2.05) is 18.2 Å². The molecule has 0 fully saturated rings. The van der Waals surface area contributed by atoms with E-state index in [-0.39, 0.29) is 12.5 Å². The minimum Gasteiger partial charge on any atom is -0.457 e. The summed E-state index contributed by atoms with van der Waals surface area (Å²) in [5.74, 6) is -0.233. The largest absolute Gasteiger partial charge is 0.457 e. The van der Waals surface area contributed by atoms with Crippen LogP contribution in [0.3, 0.4) is 0 Å². The molecule has 0 aliphatic heterocycles. The van der Waals surface area contributed by atoms with E-state index in [4.69, 9.17) is 4.74 Å². The van der Waals surface area contributed by atoms with Gasteiger partial charge in [-0.15, -0.1) is 0 Å². The highest BCUT2D eigenvalue weighted by atomic mass is 19.1. The SMILES string of the molecule is CN(CC(=O)Nc1cccc(F)c1)C(=O)c1ccccc1Oc1ccccc1. The topological polar surface area (TPSA) is 58.6 Å². The molecule has 1 N–H and O–H groups in total. The van der Waals surface area contributed by atoms with E-state index in [0.717, 1.165) is 0 Å². The molecule has 142 valence electrons. The van der Waals surface area contributed by atoms with Crippen molar-refractivity contribution in [3.05, 3.63) is 90.2 Å². The number of para-hydroxylation sites is 2. The lowest BCUT2D eigenvalue weighted by molar-refractivity contribution is -0.116. The lowest BCUT2D eigenvalue weighted by Gasteiger charge is -2.19. The first-order valence-electron chi connectivity index (χ1n) is 8.66. The van der Waals surface area contributed by atoms with E-state index < -0.39 is 11.7 Å². The lowest BCUT2D eigenvalue weighted by atomic mass is 10.1. The Balaban J connectivity index is 1.68. The van der Waals surface area contributed by atoms with Crippen molar-refractivity contribution in [1.29, 1.82) is 0 Å². The normalized spacial score (nSPS) is 10.2. The van der Waals surface area contributed by atoms with Crippen molar-refractivity contribution in [2.45, 2.75) is 0 Å². The second-order valence-electron chi connectivity index (χ2n) is 6.13. The highest BCUT2D eigenvalue weighted by Crippen LogP contribution is 2.25. The van der Waals surface area contributed by atoms with Crippen LogP contribution in [0.5, 0.6) is 11.5 Å². The highest BCUT2D eigenvalue weighted by Gasteiger charge is 2.19. The van der Waals surface area contributed by atoms with Crippen LogP contribution in [0.25, 0.3) is 0 Å². The Morgan fingerprint density at radius 1 is 0.964 bits per heavy atom. The third-order valence-electron chi connectivity index (χ3n) is 3.92. The van der Waals surface area contributed by atoms with Crippen molar-refractivity contribution >= 4 is 17.5 Å². The molecule has 0 aliphatic rings. The number of carbonyl (C=O) groups excluding carboxylic acids is 2. The summed E-state index contributed by atoms with van der Waals surface area (Å²) in [6, 6.07) is 21.5. The molecule has 6 heteroatoms. The van der Waals surface area contributed by atoms with Gasteiger partial charge in [0.25, 0.3) is 5.91 Å². The fourth-order valence-corrected chi connectivity index (χ4v) is 2.61. The molecule has 0 aliphatic carbocycles. The number of carbonyl (C=O) groups is 2. The van der Waals surface area contributed by atoms with Gasteiger partial charge in [0.2, 0.25) is 5.91 Å². The van der Waals surface area contributed by atoms with E-state index in [9.17, 15) is 14.0 Å². The van der Waals surface area contributed by atoms with Gasteiger partial charge in [0, 0.05) is 12.7 Å². The van der Waals surface area contributed by atoms with Gasteiger partial charge in [-0.2, -0.15) is 0 Å². The van der Waals surface area contributed by atoms with Crippen molar-refractivity contribution in [1.82, 2.24) is 4.90 Å². The van der Waals surface area contributed by atoms with E-state index in [2.05, 4.69) is 5.32 Å². The molecule has 0 radical (unpaired) electrons. The molecule has 0 aromatic heterocycles. The van der Waals surface area contributed by atoms with Gasteiger partial charge in [-0.05, 0) is 42.5 Å². The molecule has 3 rings (SSSR count). The number of nitrogens with zero attached hydrogens (tertiary/aromatic N) is 1. The number of likely N-dealkylation sites (N-methyl/N-ethyl adjacent to an activating group) is 1. The van der Waals surface area contributed by atoms with E-state index in [0.29, 0.717) is 22.7 Å². The number of halogens is 1. The van der Waals surface area contributed by atoms with Gasteiger partial charge in [0.15, 0.2) is 0 Å². The highest BCUT2D eigenvalue weighted by molar-refractivity contribution is 6.00. The summed E-state index contributed by atoms with van der Waals surface area (Å²) < 4.78 is 19.0. The molecule has 0 heterocycles. The Morgan fingerprint density at radius 3 is 2.43 bits per heavy atom. The van der Waals surface area contributed by atoms with Crippen molar-refractivity contribution < 1.29 is 18.7 Å². The van der Waals surface area contributed by atoms with E-state index in [1.165, 1.54) is 30.1 Å². The van der Waals surface area contributed by atoms with Crippen LogP contribution in [0.15, 0.2) is 78.9 Å². The maximum Gasteiger partial charge on any atom is 0.257 e. The Morgan fingerprint density at radius 2 is 1.68 bits per heavy atom. The first-order chi connectivity index (χ1) is 13.5. The summed E-state index contributed by atoms with van der Waals surface area (Å²) in [5, 5.41) is 2.57. The summed E-state index contributed by atoms with van der Waals surface area (Å²) in [4.78, 5) is 26.3. The van der Waals surface area contributed by atoms with Crippen LogP contribution < -0.4 is 10.1 Å². The van der Waals surface area contributed by atoms with Gasteiger partial charge in [-0.3, -0.25) is 9.59 Å². The van der Waals surface area contributed by atoms with Gasteiger partial charge in [-0.25, -0.2) is 4.39 Å². The molecule has 0 saturated carbocycles. The molecule has 0 spiro atoms. The number of hydrogen-bond donors (Lipinski definition) is 1. The average molecular weight is 378 g/mol. The zero-order valence-electron chi connectivity index (χ0n) is 15.3. The fourth-order valence-electron chi connectivity index (χ4n) is 2.61. The van der Waals surface area contributed by atoms with Crippen LogP contribution in [0.4, 0.5) is 10.1 Å². The quantitative estimate of drug-likeness (QED) is 0.695. The minimum atomic E-state index is -0.450. The van der Waals surface area contributed by atoms with Crippen molar-refractivity contribution in [2.24, 2.45) is 0 Å². The monoisotopic (exact) mass is 378 g/mol. The van der Waals surface area contributed by atoms with Crippen LogP contribution in [-0.2, 0) is 4.79 Å². The third kappa shape index (κ3) is 4.94. The molecule has 0 saturated heterocycles. The molecule has 2 amide bonds. The van der Waals surface area contributed by atoms with Crippen LogP contribution in [0, 0.1) is 5.82 Å². The van der Waals surface area contributed by atoms with Crippen molar-refractivity contribution in [3.63, 3.8) is 0 Å². The zero-order valence-corrected chi connectivity index (χ0v) is 15.3. The van der Waals surface area contributed by atoms with Crippen molar-refractivity contribution in [2.75, 3.05) is 18.9 Å². The van der Waals surface area contributed by atoms with Crippen LogP contribution in [0.2, 0.25) is 0 Å². The number of hydrogen-bond acceptors (Lipinski definition) is 3. The summed E-state index contributed by atoms with van der Waals surface area (Å²) in [6.45, 7) is -0.185. The smallest absolute Gasteiger partial charge is 0.257 e. The number of benzene rings is 3. The number of nitrogens with one attached hydrogen (secondary N) is 1. The van der Waals surface area contributed by atoms with Gasteiger partial charge in [0.1, 0.15) is 17.3 Å². The molecule has 3 aromatic carbocycles. The van der Waals surface area contributed by atoms with Crippen LogP contribution in [-0.4, -0.2) is 30.3 Å². The molecule has 5 nitrogen and oxygen atoms in total. The zero-order chi connectivity index (χ0) is 19.9. The Kier molecular flexibility index (Phi) is 6.01. The van der Waals surface area contributed by atoms with E-state index >= 15 is 0 Å². The summed E-state index contributed by atoms with van der Waals surface area (Å²) in [5.41, 5.74) is 0.672. The first kappa shape index (κ1) is 19.1. The Hall–Kier alpha value is -3.67. The van der Waals surface area contributed by atoms with E-state index in [1.54, 1.807) is 42.5 Å². The molecule has 0 unspecified atom stereocenters. The second kappa shape index (κ2) is 8.81. The standard InChI is InChI=1S/C22H19FN2O3/c1-25(15-21(26)24-17-9-7-8-16(23)14-17)22(27)19-12-5-6-13-20(19)28-18-10-3-2-4-11-18/h2-14H,15H2,1H3,(H,24,26). The van der Waals surface area contributed by atoms with Gasteiger partial charge < -0.3 is 15.0 Å². The molecular weight excluding hydrogens is 359 g/mol. The number of rotatable bonds is 6. The molecule has 28 heavy (non-hydrogen) atoms. The summed E-state index contributed by atoms with van der Waals surface area (Å²) >= 11 is 0. The summed E-state index contributed by atoms with van der Waals surface area (Å²) in [6.07, 6.45) is 0. The maximum atomic E-state index is 13.2. The Labute approximate surface area is 162 Å². The van der Waals surface area contributed by atoms with Crippen LogP contribution >= 0.6 is 0 Å². The predicted octanol–water partition coefficient (Wildman–Crippen LogP) is 4.33. The third-order valence-corrected chi connectivity index (χ3v) is 3.92. The fraction of sp³-hybridized carbons (Fsp3) is 0.0909. The number of amides is 2.